The van der Waals surface area contributed by atoms with Crippen LogP contribution in [0.1, 0.15) is 30.6 Å². The van der Waals surface area contributed by atoms with Gasteiger partial charge in [-0.15, -0.1) is 0 Å². The normalized spacial score (nSPS) is 15.0. The lowest BCUT2D eigenvalue weighted by Crippen LogP contribution is -2.41. The molecule has 1 aromatic carbocycles. The molecule has 0 N–H and O–H groups in total. The molecule has 0 radical (unpaired) electrons. The average Bonchev–Trinajstić information content (AvgIpc) is 2.36. The van der Waals surface area contributed by atoms with Crippen LogP contribution in [0.15, 0.2) is 18.2 Å². The van der Waals surface area contributed by atoms with Gasteiger partial charge in [-0.25, -0.2) is 8.42 Å². The van der Waals surface area contributed by atoms with Crippen LogP contribution in [0.2, 0.25) is 10.0 Å². The van der Waals surface area contributed by atoms with Gasteiger partial charge >= 0.3 is 0 Å². The van der Waals surface area contributed by atoms with E-state index in [1.165, 1.54) is 25.1 Å². The quantitative estimate of drug-likeness (QED) is 0.564. The molecule has 0 fully saturated rings. The van der Waals surface area contributed by atoms with Gasteiger partial charge in [0.05, 0.1) is 5.02 Å². The summed E-state index contributed by atoms with van der Waals surface area (Å²) in [6.07, 6.45) is 0.112. The predicted octanol–water partition coefficient (Wildman–Crippen LogP) is 4.11. The summed E-state index contributed by atoms with van der Waals surface area (Å²) < 4.78 is 22.6. The smallest absolute Gasteiger partial charge is 0.196 e. The van der Waals surface area contributed by atoms with E-state index in [9.17, 15) is 13.2 Å². The number of rotatable bonds is 5. The number of hydrogen-bond donors (Lipinski definition) is 0. The van der Waals surface area contributed by atoms with Crippen molar-refractivity contribution in [2.24, 2.45) is 0 Å². The first-order valence-corrected chi connectivity index (χ1v) is 8.80. The Bertz CT molecular complexity index is 601. The first kappa shape index (κ1) is 17.0. The van der Waals surface area contributed by atoms with E-state index in [0.717, 1.165) is 0 Å². The van der Waals surface area contributed by atoms with Crippen molar-refractivity contribution in [3.8, 4) is 0 Å². The van der Waals surface area contributed by atoms with Crippen LogP contribution in [0, 0.1) is 0 Å². The van der Waals surface area contributed by atoms with Crippen molar-refractivity contribution < 1.29 is 13.2 Å². The number of sulfone groups is 1. The van der Waals surface area contributed by atoms with Crippen LogP contribution < -0.4 is 0 Å². The van der Waals surface area contributed by atoms with Gasteiger partial charge in [0.15, 0.2) is 19.3 Å². The predicted molar refractivity (Wildman–Crippen MR) is 82.2 cm³/mol. The van der Waals surface area contributed by atoms with Gasteiger partial charge in [-0.1, -0.05) is 53.0 Å². The van der Waals surface area contributed by atoms with E-state index in [-0.39, 0.29) is 22.8 Å². The van der Waals surface area contributed by atoms with Gasteiger partial charge in [0, 0.05) is 16.3 Å². The maximum atomic E-state index is 12.5. The van der Waals surface area contributed by atoms with E-state index in [0.29, 0.717) is 5.02 Å². The van der Waals surface area contributed by atoms with Crippen LogP contribution in [0.3, 0.4) is 0 Å². The zero-order valence-electron chi connectivity index (χ0n) is 10.4. The standard InChI is InChI=1S/C12H13BrCl2O3S/c1-3-12(13,19(17,18)4-2)11(16)9-6-5-8(14)7-10(9)15/h5-7H,3-4H2,1-2H3/t12-/m0/s1. The van der Waals surface area contributed by atoms with Gasteiger partial charge in [-0.2, -0.15) is 0 Å². The summed E-state index contributed by atoms with van der Waals surface area (Å²) in [5, 5.41) is 0.526. The molecule has 1 aromatic rings. The van der Waals surface area contributed by atoms with Crippen LogP contribution in [-0.2, 0) is 9.84 Å². The Kier molecular flexibility index (Phi) is 5.46. The third-order valence-corrected chi connectivity index (χ3v) is 8.01. The molecule has 19 heavy (non-hydrogen) atoms. The van der Waals surface area contributed by atoms with Gasteiger partial charge in [0.2, 0.25) is 0 Å². The van der Waals surface area contributed by atoms with Gasteiger partial charge in [0.25, 0.3) is 0 Å². The van der Waals surface area contributed by atoms with Gasteiger partial charge in [0.1, 0.15) is 0 Å². The van der Waals surface area contributed by atoms with Crippen LogP contribution in [0.4, 0.5) is 0 Å². The van der Waals surface area contributed by atoms with E-state index < -0.39 is 19.3 Å². The second-order valence-corrected chi connectivity index (χ2v) is 9.16. The number of Topliss-reactive ketones (excluding diaryl/α,β-unsaturated/α-hetero) is 1. The van der Waals surface area contributed by atoms with Crippen molar-refractivity contribution in [1.29, 1.82) is 0 Å². The van der Waals surface area contributed by atoms with Gasteiger partial charge in [-0.05, 0) is 24.6 Å². The van der Waals surface area contributed by atoms with E-state index in [2.05, 4.69) is 15.9 Å². The molecule has 1 rings (SSSR count). The minimum Gasteiger partial charge on any atom is -0.291 e. The number of halogens is 3. The summed E-state index contributed by atoms with van der Waals surface area (Å²) in [5.74, 6) is -0.707. The van der Waals surface area contributed by atoms with Crippen LogP contribution in [0.25, 0.3) is 0 Å². The van der Waals surface area contributed by atoms with Crippen molar-refractivity contribution in [3.05, 3.63) is 33.8 Å². The minimum absolute atomic E-state index is 0.112. The van der Waals surface area contributed by atoms with Gasteiger partial charge in [-0.3, -0.25) is 4.79 Å². The lowest BCUT2D eigenvalue weighted by atomic mass is 10.1. The Morgan fingerprint density at radius 3 is 2.32 bits per heavy atom. The highest BCUT2D eigenvalue weighted by molar-refractivity contribution is 9.12. The Balaban J connectivity index is 3.38. The molecule has 0 unspecified atom stereocenters. The number of carbonyl (C=O) groups excluding carboxylic acids is 1. The molecule has 0 saturated carbocycles. The van der Waals surface area contributed by atoms with Crippen LogP contribution in [-0.4, -0.2) is 23.6 Å². The van der Waals surface area contributed by atoms with E-state index in [4.69, 9.17) is 23.2 Å². The summed E-state index contributed by atoms with van der Waals surface area (Å²) in [5.41, 5.74) is 0.141. The molecule has 0 bridgehead atoms. The first-order chi connectivity index (χ1) is 8.69. The Hall–Kier alpha value is -0.100. The highest BCUT2D eigenvalue weighted by Gasteiger charge is 2.46. The zero-order chi connectivity index (χ0) is 14.8. The molecule has 0 heterocycles. The molecule has 0 aliphatic heterocycles. The monoisotopic (exact) mass is 386 g/mol. The molecule has 0 spiro atoms. The highest BCUT2D eigenvalue weighted by Crippen LogP contribution is 2.36. The number of carbonyl (C=O) groups is 1. The fraction of sp³-hybridized carbons (Fsp3) is 0.417. The Morgan fingerprint density at radius 1 is 1.32 bits per heavy atom. The maximum absolute atomic E-state index is 12.5. The van der Waals surface area contributed by atoms with Crippen molar-refractivity contribution in [2.75, 3.05) is 5.75 Å². The van der Waals surface area contributed by atoms with Crippen LogP contribution >= 0.6 is 39.1 Å². The maximum Gasteiger partial charge on any atom is 0.196 e. The van der Waals surface area contributed by atoms with Crippen LogP contribution in [0.5, 0.6) is 0 Å². The second-order valence-electron chi connectivity index (χ2n) is 3.94. The molecule has 0 aliphatic rings. The summed E-state index contributed by atoms with van der Waals surface area (Å²) in [6.45, 7) is 3.13. The zero-order valence-corrected chi connectivity index (χ0v) is 14.3. The fourth-order valence-corrected chi connectivity index (χ4v) is 4.31. The average molecular weight is 388 g/mol. The Morgan fingerprint density at radius 2 is 1.89 bits per heavy atom. The SMILES string of the molecule is CC[C@@](Br)(C(=O)c1ccc(Cl)cc1Cl)S(=O)(=O)CC. The molecule has 0 aliphatic carbocycles. The van der Waals surface area contributed by atoms with Crippen molar-refractivity contribution >= 4 is 54.8 Å². The lowest BCUT2D eigenvalue weighted by molar-refractivity contribution is 0.0976. The van der Waals surface area contributed by atoms with E-state index in [1.807, 2.05) is 0 Å². The first-order valence-electron chi connectivity index (χ1n) is 5.60. The van der Waals surface area contributed by atoms with Crippen molar-refractivity contribution in [3.63, 3.8) is 0 Å². The Labute approximate surface area is 131 Å². The lowest BCUT2D eigenvalue weighted by Gasteiger charge is -2.24. The summed E-state index contributed by atoms with van der Waals surface area (Å²) in [4.78, 5) is 12.5. The molecule has 3 nitrogen and oxygen atoms in total. The number of ketones is 1. The third kappa shape index (κ3) is 3.15. The minimum atomic E-state index is -3.61. The molecule has 0 aromatic heterocycles. The van der Waals surface area contributed by atoms with Crippen molar-refractivity contribution in [2.45, 2.75) is 23.9 Å². The fourth-order valence-electron chi connectivity index (χ4n) is 1.63. The molecule has 1 atom stereocenters. The van der Waals surface area contributed by atoms with E-state index >= 15 is 0 Å². The molecule has 0 amide bonds. The number of alkyl halides is 1. The largest absolute Gasteiger partial charge is 0.291 e. The summed E-state index contributed by atoms with van der Waals surface area (Å²) >= 11 is 14.8. The van der Waals surface area contributed by atoms with E-state index in [1.54, 1.807) is 6.92 Å². The number of hydrogen-bond acceptors (Lipinski definition) is 3. The summed E-state index contributed by atoms with van der Waals surface area (Å²) in [6, 6.07) is 4.35. The molecule has 0 saturated heterocycles. The topological polar surface area (TPSA) is 51.2 Å². The van der Waals surface area contributed by atoms with Crippen molar-refractivity contribution in [1.82, 2.24) is 0 Å². The molecule has 106 valence electrons. The second kappa shape index (κ2) is 6.12. The highest BCUT2D eigenvalue weighted by atomic mass is 79.9. The van der Waals surface area contributed by atoms with Gasteiger partial charge < -0.3 is 0 Å². The summed E-state index contributed by atoms with van der Waals surface area (Å²) in [7, 11) is -3.61. The molecule has 7 heteroatoms. The number of benzene rings is 1. The molecular weight excluding hydrogens is 375 g/mol. The molecular formula is C12H13BrCl2O3S. The third-order valence-electron chi connectivity index (χ3n) is 2.84.